The average Bonchev–Trinajstić information content (AvgIpc) is 3.12. The zero-order chi connectivity index (χ0) is 22.4. The second kappa shape index (κ2) is 10.5. The molecule has 8 heteroatoms. The SMILES string of the molecule is C=CCn1c(SCC(=O)Nc2cccc(Cl)c2)nnc1C(C)Oc1ccc(C)c(C)c1. The van der Waals surface area contributed by atoms with Crippen molar-refractivity contribution >= 4 is 35.0 Å². The van der Waals surface area contributed by atoms with Gasteiger partial charge >= 0.3 is 0 Å². The number of hydrogen-bond acceptors (Lipinski definition) is 5. The molecular weight excluding hydrogens is 432 g/mol. The molecule has 1 aromatic heterocycles. The average molecular weight is 457 g/mol. The predicted octanol–water partition coefficient (Wildman–Crippen LogP) is 5.61. The molecule has 0 spiro atoms. The number of aromatic nitrogens is 3. The van der Waals surface area contributed by atoms with Crippen LogP contribution in [0.15, 0.2) is 60.3 Å². The highest BCUT2D eigenvalue weighted by Crippen LogP contribution is 2.26. The fraction of sp³-hybridized carbons (Fsp3) is 0.261. The van der Waals surface area contributed by atoms with Gasteiger partial charge in [-0.3, -0.25) is 9.36 Å². The first-order valence-electron chi connectivity index (χ1n) is 9.83. The van der Waals surface area contributed by atoms with Gasteiger partial charge in [0.25, 0.3) is 0 Å². The number of nitrogens with one attached hydrogen (secondary N) is 1. The van der Waals surface area contributed by atoms with Gasteiger partial charge in [0.1, 0.15) is 5.75 Å². The molecule has 1 atom stereocenters. The Labute approximate surface area is 191 Å². The lowest BCUT2D eigenvalue weighted by Crippen LogP contribution is -2.15. The number of aryl methyl sites for hydroxylation is 2. The number of thioether (sulfide) groups is 1. The van der Waals surface area contributed by atoms with E-state index in [9.17, 15) is 4.79 Å². The van der Waals surface area contributed by atoms with Gasteiger partial charge in [-0.25, -0.2) is 0 Å². The Kier molecular flexibility index (Phi) is 7.76. The van der Waals surface area contributed by atoms with E-state index in [0.29, 0.717) is 28.2 Å². The third kappa shape index (κ3) is 6.12. The molecule has 0 bridgehead atoms. The summed E-state index contributed by atoms with van der Waals surface area (Å²) < 4.78 is 8.01. The van der Waals surface area contributed by atoms with Gasteiger partial charge < -0.3 is 10.1 Å². The second-order valence-electron chi connectivity index (χ2n) is 7.09. The molecule has 1 unspecified atom stereocenters. The molecule has 0 aliphatic rings. The number of nitrogens with zero attached hydrogens (tertiary/aromatic N) is 3. The van der Waals surface area contributed by atoms with E-state index in [1.165, 1.54) is 22.9 Å². The maximum absolute atomic E-state index is 12.3. The number of amides is 1. The second-order valence-corrected chi connectivity index (χ2v) is 8.47. The zero-order valence-corrected chi connectivity index (χ0v) is 19.3. The highest BCUT2D eigenvalue weighted by Gasteiger charge is 2.20. The van der Waals surface area contributed by atoms with Gasteiger partial charge in [-0.1, -0.05) is 41.6 Å². The van der Waals surface area contributed by atoms with Crippen LogP contribution < -0.4 is 10.1 Å². The van der Waals surface area contributed by atoms with Crippen molar-refractivity contribution in [1.29, 1.82) is 0 Å². The molecule has 0 saturated carbocycles. The molecule has 3 rings (SSSR count). The quantitative estimate of drug-likeness (QED) is 0.335. The van der Waals surface area contributed by atoms with Crippen molar-refractivity contribution in [3.63, 3.8) is 0 Å². The summed E-state index contributed by atoms with van der Waals surface area (Å²) in [6, 6.07) is 13.0. The Morgan fingerprint density at radius 2 is 2.06 bits per heavy atom. The molecule has 0 aliphatic heterocycles. The van der Waals surface area contributed by atoms with Crippen LogP contribution in [-0.2, 0) is 11.3 Å². The van der Waals surface area contributed by atoms with Crippen LogP contribution in [0.3, 0.4) is 0 Å². The third-order valence-electron chi connectivity index (χ3n) is 4.65. The van der Waals surface area contributed by atoms with Crippen molar-refractivity contribution in [2.24, 2.45) is 0 Å². The number of carbonyl (C=O) groups excluding carboxylic acids is 1. The van der Waals surface area contributed by atoms with E-state index in [1.54, 1.807) is 30.3 Å². The van der Waals surface area contributed by atoms with E-state index >= 15 is 0 Å². The Balaban J connectivity index is 1.68. The van der Waals surface area contributed by atoms with Gasteiger partial charge in [0, 0.05) is 17.3 Å². The van der Waals surface area contributed by atoms with Gasteiger partial charge in [0.15, 0.2) is 17.1 Å². The topological polar surface area (TPSA) is 69.0 Å². The lowest BCUT2D eigenvalue weighted by atomic mass is 10.1. The third-order valence-corrected chi connectivity index (χ3v) is 5.85. The molecule has 162 valence electrons. The minimum absolute atomic E-state index is 0.151. The Morgan fingerprint density at radius 3 is 2.77 bits per heavy atom. The maximum atomic E-state index is 12.3. The largest absolute Gasteiger partial charge is 0.483 e. The van der Waals surface area contributed by atoms with E-state index in [4.69, 9.17) is 16.3 Å². The van der Waals surface area contributed by atoms with Crippen molar-refractivity contribution in [1.82, 2.24) is 14.8 Å². The number of hydrogen-bond donors (Lipinski definition) is 1. The zero-order valence-electron chi connectivity index (χ0n) is 17.8. The summed E-state index contributed by atoms with van der Waals surface area (Å²) in [6.07, 6.45) is 1.45. The van der Waals surface area contributed by atoms with Crippen molar-refractivity contribution in [3.05, 3.63) is 77.1 Å². The maximum Gasteiger partial charge on any atom is 0.234 e. The van der Waals surface area contributed by atoms with Crippen LogP contribution in [0.25, 0.3) is 0 Å². The van der Waals surface area contributed by atoms with Crippen LogP contribution in [0.1, 0.15) is 30.0 Å². The molecule has 2 aromatic carbocycles. The smallest absolute Gasteiger partial charge is 0.234 e. The number of benzene rings is 2. The summed E-state index contributed by atoms with van der Waals surface area (Å²) in [4.78, 5) is 12.3. The highest BCUT2D eigenvalue weighted by molar-refractivity contribution is 7.99. The van der Waals surface area contributed by atoms with E-state index in [0.717, 1.165) is 5.75 Å². The summed E-state index contributed by atoms with van der Waals surface area (Å²) in [7, 11) is 0. The number of rotatable bonds is 9. The number of allylic oxidation sites excluding steroid dienone is 1. The summed E-state index contributed by atoms with van der Waals surface area (Å²) in [5.41, 5.74) is 3.03. The molecule has 0 saturated heterocycles. The number of ether oxygens (including phenoxy) is 1. The van der Waals surface area contributed by atoms with Crippen LogP contribution in [0.5, 0.6) is 5.75 Å². The van der Waals surface area contributed by atoms with Crippen molar-refractivity contribution in [2.45, 2.75) is 38.6 Å². The molecule has 0 aliphatic carbocycles. The van der Waals surface area contributed by atoms with Crippen molar-refractivity contribution in [3.8, 4) is 5.75 Å². The van der Waals surface area contributed by atoms with E-state index < -0.39 is 0 Å². The summed E-state index contributed by atoms with van der Waals surface area (Å²) in [5, 5.41) is 12.6. The van der Waals surface area contributed by atoms with Crippen LogP contribution in [0.4, 0.5) is 5.69 Å². The van der Waals surface area contributed by atoms with E-state index in [1.807, 2.05) is 29.7 Å². The lowest BCUT2D eigenvalue weighted by molar-refractivity contribution is -0.113. The molecule has 1 heterocycles. The van der Waals surface area contributed by atoms with E-state index in [2.05, 4.69) is 35.9 Å². The standard InChI is InChI=1S/C23H25ClN4O2S/c1-5-11-28-22(17(4)30-20-10-9-15(2)16(3)12-20)26-27-23(28)31-14-21(29)25-19-8-6-7-18(24)13-19/h5-10,12-13,17H,1,11,14H2,2-4H3,(H,25,29). The molecule has 6 nitrogen and oxygen atoms in total. The van der Waals surface area contributed by atoms with Crippen molar-refractivity contribution in [2.75, 3.05) is 11.1 Å². The Bertz CT molecular complexity index is 1080. The van der Waals surface area contributed by atoms with Crippen LogP contribution in [0, 0.1) is 13.8 Å². The summed E-state index contributed by atoms with van der Waals surface area (Å²) in [5.74, 6) is 1.49. The number of anilines is 1. The number of carbonyl (C=O) groups is 1. The first-order valence-corrected chi connectivity index (χ1v) is 11.2. The monoisotopic (exact) mass is 456 g/mol. The molecule has 0 radical (unpaired) electrons. The minimum Gasteiger partial charge on any atom is -0.483 e. The van der Waals surface area contributed by atoms with Crippen LogP contribution in [-0.4, -0.2) is 26.4 Å². The minimum atomic E-state index is -0.316. The predicted molar refractivity (Wildman–Crippen MR) is 126 cm³/mol. The van der Waals surface area contributed by atoms with E-state index in [-0.39, 0.29) is 17.8 Å². The van der Waals surface area contributed by atoms with Gasteiger partial charge in [0.2, 0.25) is 5.91 Å². The summed E-state index contributed by atoms with van der Waals surface area (Å²) in [6.45, 7) is 10.4. The Hall–Kier alpha value is -2.77. The van der Waals surface area contributed by atoms with Gasteiger partial charge in [0.05, 0.1) is 5.75 Å². The Morgan fingerprint density at radius 1 is 1.26 bits per heavy atom. The fourth-order valence-electron chi connectivity index (χ4n) is 2.95. The van der Waals surface area contributed by atoms with Crippen LogP contribution >= 0.6 is 23.4 Å². The molecule has 1 N–H and O–H groups in total. The molecule has 3 aromatic rings. The fourth-order valence-corrected chi connectivity index (χ4v) is 3.89. The summed E-state index contributed by atoms with van der Waals surface area (Å²) >= 11 is 7.27. The highest BCUT2D eigenvalue weighted by atomic mass is 35.5. The first-order chi connectivity index (χ1) is 14.9. The molecule has 31 heavy (non-hydrogen) atoms. The van der Waals surface area contributed by atoms with Gasteiger partial charge in [-0.05, 0) is 62.2 Å². The molecular formula is C23H25ClN4O2S. The number of halogens is 1. The lowest BCUT2D eigenvalue weighted by Gasteiger charge is -2.16. The normalized spacial score (nSPS) is 11.7. The molecule has 1 amide bonds. The van der Waals surface area contributed by atoms with Crippen LogP contribution in [0.2, 0.25) is 5.02 Å². The van der Waals surface area contributed by atoms with Crippen molar-refractivity contribution < 1.29 is 9.53 Å². The first kappa shape index (κ1) is 22.9. The van der Waals surface area contributed by atoms with Gasteiger partial charge in [-0.2, -0.15) is 0 Å². The van der Waals surface area contributed by atoms with Gasteiger partial charge in [-0.15, -0.1) is 16.8 Å². The molecule has 0 fully saturated rings.